The first kappa shape index (κ1) is 18.8. The van der Waals surface area contributed by atoms with Gasteiger partial charge in [-0.3, -0.25) is 0 Å². The zero-order valence-electron chi connectivity index (χ0n) is 17.2. The van der Waals surface area contributed by atoms with E-state index < -0.39 is 0 Å². The van der Waals surface area contributed by atoms with Crippen LogP contribution in [0.4, 0.5) is 0 Å². The molecule has 26 heavy (non-hydrogen) atoms. The molecule has 0 saturated heterocycles. The van der Waals surface area contributed by atoms with Crippen LogP contribution in [0.1, 0.15) is 90.9 Å². The third-order valence-corrected chi connectivity index (χ3v) is 9.90. The summed E-state index contributed by atoms with van der Waals surface area (Å²) in [7, 11) is 0. The fourth-order valence-electron chi connectivity index (χ4n) is 8.49. The summed E-state index contributed by atoms with van der Waals surface area (Å²) in [4.78, 5) is 0. The lowest BCUT2D eigenvalue weighted by Gasteiger charge is -2.62. The van der Waals surface area contributed by atoms with Crippen LogP contribution in [-0.2, 0) is 0 Å². The Morgan fingerprint density at radius 1 is 1.04 bits per heavy atom. The van der Waals surface area contributed by atoms with Gasteiger partial charge in [-0.15, -0.1) is 0 Å². The maximum absolute atomic E-state index is 9.44. The van der Waals surface area contributed by atoms with E-state index in [1.165, 1.54) is 64.2 Å². The fraction of sp³-hybridized carbons (Fsp3) is 0.917. The van der Waals surface area contributed by atoms with Crippen LogP contribution >= 0.6 is 0 Å². The third kappa shape index (κ3) is 2.86. The Morgan fingerprint density at radius 2 is 1.81 bits per heavy atom. The highest BCUT2D eigenvalue weighted by atomic mass is 16.3. The second-order valence-electron chi connectivity index (χ2n) is 10.9. The first-order chi connectivity index (χ1) is 12.4. The monoisotopic (exact) mass is 359 g/mol. The van der Waals surface area contributed by atoms with E-state index in [0.29, 0.717) is 22.6 Å². The van der Waals surface area contributed by atoms with Crippen molar-refractivity contribution in [2.45, 2.75) is 96.9 Å². The Kier molecular flexibility index (Phi) is 4.95. The first-order valence-electron chi connectivity index (χ1n) is 11.5. The van der Waals surface area contributed by atoms with Gasteiger partial charge < -0.3 is 10.8 Å². The highest BCUT2D eigenvalue weighted by molar-refractivity contribution is 5.11. The van der Waals surface area contributed by atoms with Crippen molar-refractivity contribution < 1.29 is 5.11 Å². The van der Waals surface area contributed by atoms with Gasteiger partial charge in [0, 0.05) is 12.5 Å². The lowest BCUT2D eigenvalue weighted by Crippen LogP contribution is -2.59. The van der Waals surface area contributed by atoms with E-state index in [0.717, 1.165) is 42.4 Å². The summed E-state index contributed by atoms with van der Waals surface area (Å²) in [5.74, 6) is 4.58. The second kappa shape index (κ2) is 6.83. The second-order valence-corrected chi connectivity index (χ2v) is 10.9. The van der Waals surface area contributed by atoms with Crippen LogP contribution in [0.15, 0.2) is 12.3 Å². The van der Waals surface area contributed by atoms with Crippen molar-refractivity contribution in [1.29, 1.82) is 0 Å². The Bertz CT molecular complexity index is 544. The van der Waals surface area contributed by atoms with Crippen molar-refractivity contribution in [3.63, 3.8) is 0 Å². The molecule has 4 aliphatic rings. The average Bonchev–Trinajstić information content (AvgIpc) is 2.92. The van der Waals surface area contributed by atoms with E-state index in [-0.39, 0.29) is 0 Å². The number of aliphatic hydroxyl groups is 1. The predicted molar refractivity (Wildman–Crippen MR) is 109 cm³/mol. The number of rotatable bonds is 4. The molecule has 0 bridgehead atoms. The summed E-state index contributed by atoms with van der Waals surface area (Å²) in [6.45, 7) is 8.91. The standard InChI is InChI=1S/C24H41NO/c1-16(26)7-6-9-17-10-11-19-22-20(12-14-24(17,19)3)23(2)13-5-4-8-18(23)15-21(22)25/h17-22,26H,1,4-15,25H2,2-3H3/t17-,18?,19?,20?,21-,22?,23-,24+/m0/s1. The molecule has 0 aromatic carbocycles. The molecule has 4 fully saturated rings. The SMILES string of the molecule is C=C(O)CCC[C@H]1CCC2C3C(CC[C@@]21C)[C@@]1(C)CCCCC1C[C@@H]3N. The first-order valence-corrected chi connectivity index (χ1v) is 11.5. The molecular formula is C24H41NO. The molecule has 0 aromatic rings. The van der Waals surface area contributed by atoms with Gasteiger partial charge in [0.2, 0.25) is 0 Å². The summed E-state index contributed by atoms with van der Waals surface area (Å²) >= 11 is 0. The smallest absolute Gasteiger partial charge is 0.0851 e. The normalized spacial score (nSPS) is 50.6. The minimum Gasteiger partial charge on any atom is -0.513 e. The number of allylic oxidation sites excluding steroid dienone is 1. The molecule has 4 aliphatic carbocycles. The number of aliphatic hydroxyl groups excluding tert-OH is 1. The molecule has 0 amide bonds. The van der Waals surface area contributed by atoms with Crippen LogP contribution in [-0.4, -0.2) is 11.1 Å². The summed E-state index contributed by atoms with van der Waals surface area (Å²) in [6, 6.07) is 0.441. The zero-order valence-corrected chi connectivity index (χ0v) is 17.2. The molecule has 4 unspecified atom stereocenters. The Balaban J connectivity index is 1.53. The Hall–Kier alpha value is -0.500. The summed E-state index contributed by atoms with van der Waals surface area (Å²) in [6.07, 6.45) is 15.8. The maximum Gasteiger partial charge on any atom is 0.0851 e. The van der Waals surface area contributed by atoms with E-state index in [2.05, 4.69) is 20.4 Å². The molecular weight excluding hydrogens is 318 g/mol. The van der Waals surface area contributed by atoms with Crippen LogP contribution in [0, 0.1) is 40.4 Å². The molecule has 0 aromatic heterocycles. The fourth-order valence-corrected chi connectivity index (χ4v) is 8.49. The van der Waals surface area contributed by atoms with Gasteiger partial charge in [0.25, 0.3) is 0 Å². The average molecular weight is 360 g/mol. The minimum absolute atomic E-state index is 0.360. The largest absolute Gasteiger partial charge is 0.513 e. The molecule has 0 radical (unpaired) electrons. The summed E-state index contributed by atoms with van der Waals surface area (Å²) in [5.41, 5.74) is 7.98. The van der Waals surface area contributed by atoms with E-state index in [1.54, 1.807) is 0 Å². The highest BCUT2D eigenvalue weighted by Crippen LogP contribution is 2.67. The van der Waals surface area contributed by atoms with Gasteiger partial charge in [0.1, 0.15) is 0 Å². The van der Waals surface area contributed by atoms with Crippen molar-refractivity contribution in [3.8, 4) is 0 Å². The van der Waals surface area contributed by atoms with Crippen LogP contribution in [0.5, 0.6) is 0 Å². The van der Waals surface area contributed by atoms with Crippen molar-refractivity contribution >= 4 is 0 Å². The molecule has 4 rings (SSSR count). The topological polar surface area (TPSA) is 46.2 Å². The van der Waals surface area contributed by atoms with Crippen LogP contribution in [0.3, 0.4) is 0 Å². The Labute approximate surface area is 161 Å². The van der Waals surface area contributed by atoms with Crippen LogP contribution in [0.25, 0.3) is 0 Å². The molecule has 0 spiro atoms. The molecule has 3 N–H and O–H groups in total. The van der Waals surface area contributed by atoms with Gasteiger partial charge in [-0.25, -0.2) is 0 Å². The van der Waals surface area contributed by atoms with Gasteiger partial charge in [0.05, 0.1) is 5.76 Å². The van der Waals surface area contributed by atoms with E-state index >= 15 is 0 Å². The quantitative estimate of drug-likeness (QED) is 0.586. The lowest BCUT2D eigenvalue weighted by atomic mass is 9.44. The number of nitrogens with two attached hydrogens (primary N) is 1. The molecule has 4 saturated carbocycles. The zero-order chi connectivity index (χ0) is 18.5. The van der Waals surface area contributed by atoms with Crippen molar-refractivity contribution in [3.05, 3.63) is 12.3 Å². The molecule has 0 aliphatic heterocycles. The third-order valence-electron chi connectivity index (χ3n) is 9.90. The van der Waals surface area contributed by atoms with Crippen LogP contribution in [0.2, 0.25) is 0 Å². The molecule has 0 heterocycles. The number of hydrogen-bond donors (Lipinski definition) is 2. The number of fused-ring (bicyclic) bond motifs is 5. The van der Waals surface area contributed by atoms with Gasteiger partial charge in [-0.05, 0) is 98.2 Å². The van der Waals surface area contributed by atoms with Crippen molar-refractivity contribution in [2.75, 3.05) is 0 Å². The summed E-state index contributed by atoms with van der Waals surface area (Å²) in [5, 5.41) is 9.44. The molecule has 2 nitrogen and oxygen atoms in total. The van der Waals surface area contributed by atoms with Gasteiger partial charge in [-0.1, -0.05) is 33.3 Å². The molecule has 148 valence electrons. The molecule has 8 atom stereocenters. The van der Waals surface area contributed by atoms with E-state index in [9.17, 15) is 5.11 Å². The van der Waals surface area contributed by atoms with E-state index in [1.807, 2.05) is 0 Å². The Morgan fingerprint density at radius 3 is 2.58 bits per heavy atom. The van der Waals surface area contributed by atoms with E-state index in [4.69, 9.17) is 5.73 Å². The van der Waals surface area contributed by atoms with Gasteiger partial charge in [-0.2, -0.15) is 0 Å². The van der Waals surface area contributed by atoms with Crippen molar-refractivity contribution in [2.24, 2.45) is 46.2 Å². The minimum atomic E-state index is 0.360. The lowest BCUT2D eigenvalue weighted by molar-refractivity contribution is -0.120. The van der Waals surface area contributed by atoms with Crippen LogP contribution < -0.4 is 5.73 Å². The maximum atomic E-state index is 9.44. The summed E-state index contributed by atoms with van der Waals surface area (Å²) < 4.78 is 0. The molecule has 2 heteroatoms. The van der Waals surface area contributed by atoms with Crippen molar-refractivity contribution in [1.82, 2.24) is 0 Å². The van der Waals surface area contributed by atoms with Gasteiger partial charge >= 0.3 is 0 Å². The van der Waals surface area contributed by atoms with Gasteiger partial charge in [0.15, 0.2) is 0 Å². The number of hydrogen-bond acceptors (Lipinski definition) is 2. The predicted octanol–water partition coefficient (Wildman–Crippen LogP) is 6.21. The highest BCUT2D eigenvalue weighted by Gasteiger charge is 2.61.